The summed E-state index contributed by atoms with van der Waals surface area (Å²) in [5.74, 6) is 0.765. The molecule has 0 saturated carbocycles. The molecular weight excluding hydrogens is 228 g/mol. The highest BCUT2D eigenvalue weighted by Crippen LogP contribution is 2.09. The average molecular weight is 241 g/mol. The minimum atomic E-state index is -0.0263. The van der Waals surface area contributed by atoms with Crippen LogP contribution in [0.3, 0.4) is 0 Å². The van der Waals surface area contributed by atoms with E-state index in [4.69, 9.17) is 11.6 Å². The minimum Gasteiger partial charge on any atom is -0.321 e. The van der Waals surface area contributed by atoms with Crippen molar-refractivity contribution in [2.45, 2.75) is 20.0 Å². The van der Waals surface area contributed by atoms with Crippen molar-refractivity contribution < 1.29 is 0 Å². The Morgan fingerprint density at radius 2 is 2.06 bits per heavy atom. The van der Waals surface area contributed by atoms with Crippen molar-refractivity contribution in [1.29, 1.82) is 0 Å². The maximum absolute atomic E-state index is 11.8. The molecule has 5 nitrogen and oxygen atoms in total. The van der Waals surface area contributed by atoms with Crippen LogP contribution >= 0.6 is 11.6 Å². The van der Waals surface area contributed by atoms with E-state index in [0.29, 0.717) is 18.2 Å². The Kier molecular flexibility index (Phi) is 2.87. The van der Waals surface area contributed by atoms with Crippen molar-refractivity contribution in [3.05, 3.63) is 40.1 Å². The summed E-state index contributed by atoms with van der Waals surface area (Å²) in [5, 5.41) is 0.568. The SMILES string of the molecule is CCn1ccn(Cc2ncc(Cl)n2C)c1=O. The van der Waals surface area contributed by atoms with Crippen molar-refractivity contribution in [2.75, 3.05) is 0 Å². The Hall–Kier alpha value is -1.49. The van der Waals surface area contributed by atoms with Gasteiger partial charge in [0.15, 0.2) is 0 Å². The summed E-state index contributed by atoms with van der Waals surface area (Å²) in [5.41, 5.74) is -0.0263. The van der Waals surface area contributed by atoms with E-state index >= 15 is 0 Å². The smallest absolute Gasteiger partial charge is 0.321 e. The van der Waals surface area contributed by atoms with Crippen molar-refractivity contribution >= 4 is 11.6 Å². The zero-order chi connectivity index (χ0) is 11.7. The standard InChI is InChI=1S/C10H13ClN4O/c1-3-14-4-5-15(10(14)16)7-9-12-6-8(11)13(9)2/h4-6H,3,7H2,1-2H3. The van der Waals surface area contributed by atoms with Crippen molar-refractivity contribution in [2.24, 2.45) is 7.05 Å². The molecule has 6 heteroatoms. The highest BCUT2D eigenvalue weighted by Gasteiger charge is 2.07. The first-order valence-electron chi connectivity index (χ1n) is 5.05. The summed E-state index contributed by atoms with van der Waals surface area (Å²) in [6.45, 7) is 3.05. The van der Waals surface area contributed by atoms with Crippen molar-refractivity contribution in [3.8, 4) is 0 Å². The quantitative estimate of drug-likeness (QED) is 0.807. The molecule has 0 fully saturated rings. The first-order valence-corrected chi connectivity index (χ1v) is 5.43. The highest BCUT2D eigenvalue weighted by atomic mass is 35.5. The normalized spacial score (nSPS) is 10.9. The second kappa shape index (κ2) is 4.17. The zero-order valence-electron chi connectivity index (χ0n) is 9.22. The molecule has 2 aromatic rings. The molecule has 0 amide bonds. The van der Waals surface area contributed by atoms with Crippen LogP contribution in [0, 0.1) is 0 Å². The van der Waals surface area contributed by atoms with Crippen LogP contribution in [0.15, 0.2) is 23.4 Å². The summed E-state index contributed by atoms with van der Waals surface area (Å²) in [7, 11) is 1.83. The van der Waals surface area contributed by atoms with Crippen LogP contribution in [0.4, 0.5) is 0 Å². The molecule has 0 spiro atoms. The summed E-state index contributed by atoms with van der Waals surface area (Å²) in [4.78, 5) is 15.9. The number of rotatable bonds is 3. The largest absolute Gasteiger partial charge is 0.328 e. The molecular formula is C10H13ClN4O. The van der Waals surface area contributed by atoms with Gasteiger partial charge in [-0.25, -0.2) is 9.78 Å². The lowest BCUT2D eigenvalue weighted by Gasteiger charge is -2.02. The van der Waals surface area contributed by atoms with Crippen LogP contribution in [-0.2, 0) is 20.1 Å². The number of aromatic nitrogens is 4. The molecule has 0 aliphatic heterocycles. The van der Waals surface area contributed by atoms with E-state index in [-0.39, 0.29) is 5.69 Å². The Balaban J connectivity index is 2.31. The maximum Gasteiger partial charge on any atom is 0.328 e. The fraction of sp³-hybridized carbons (Fsp3) is 0.400. The summed E-state index contributed by atoms with van der Waals surface area (Å²) in [6.07, 6.45) is 5.11. The van der Waals surface area contributed by atoms with E-state index in [2.05, 4.69) is 4.98 Å². The predicted octanol–water partition coefficient (Wildman–Crippen LogP) is 1.10. The third-order valence-corrected chi connectivity index (χ3v) is 2.95. The number of imidazole rings is 2. The van der Waals surface area contributed by atoms with Crippen LogP contribution in [0.1, 0.15) is 12.7 Å². The number of nitrogens with zero attached hydrogens (tertiary/aromatic N) is 4. The lowest BCUT2D eigenvalue weighted by Crippen LogP contribution is -2.24. The molecule has 0 aliphatic carbocycles. The molecule has 86 valence electrons. The second-order valence-corrected chi connectivity index (χ2v) is 3.94. The van der Waals surface area contributed by atoms with Gasteiger partial charge >= 0.3 is 5.69 Å². The Bertz CT molecular complexity index is 551. The molecule has 0 aromatic carbocycles. The molecule has 2 heterocycles. The number of hydrogen-bond donors (Lipinski definition) is 0. The van der Waals surface area contributed by atoms with Crippen LogP contribution in [0.25, 0.3) is 0 Å². The highest BCUT2D eigenvalue weighted by molar-refractivity contribution is 6.29. The first-order chi connectivity index (χ1) is 7.63. The molecule has 0 radical (unpaired) electrons. The third-order valence-electron chi connectivity index (χ3n) is 2.60. The summed E-state index contributed by atoms with van der Waals surface area (Å²) in [6, 6.07) is 0. The fourth-order valence-corrected chi connectivity index (χ4v) is 1.68. The first kappa shape index (κ1) is 11.0. The maximum atomic E-state index is 11.8. The summed E-state index contributed by atoms with van der Waals surface area (Å²) < 4.78 is 5.02. The van der Waals surface area contributed by atoms with Crippen LogP contribution < -0.4 is 5.69 Å². The van der Waals surface area contributed by atoms with Gasteiger partial charge < -0.3 is 4.57 Å². The van der Waals surface area contributed by atoms with E-state index in [9.17, 15) is 4.79 Å². The zero-order valence-corrected chi connectivity index (χ0v) is 9.98. The minimum absolute atomic E-state index is 0.0263. The molecule has 2 aromatic heterocycles. The van der Waals surface area contributed by atoms with E-state index in [1.54, 1.807) is 32.3 Å². The van der Waals surface area contributed by atoms with Gasteiger partial charge in [0.2, 0.25) is 0 Å². The predicted molar refractivity (Wildman–Crippen MR) is 61.7 cm³/mol. The monoisotopic (exact) mass is 240 g/mol. The van der Waals surface area contributed by atoms with Gasteiger partial charge in [-0.05, 0) is 6.92 Å². The Labute approximate surface area is 97.9 Å². The molecule has 0 saturated heterocycles. The fourth-order valence-electron chi connectivity index (χ4n) is 1.54. The van der Waals surface area contributed by atoms with Gasteiger partial charge in [0.25, 0.3) is 0 Å². The van der Waals surface area contributed by atoms with Gasteiger partial charge in [0.1, 0.15) is 11.0 Å². The van der Waals surface area contributed by atoms with Gasteiger partial charge in [0, 0.05) is 26.0 Å². The number of hydrogen-bond acceptors (Lipinski definition) is 2. The Morgan fingerprint density at radius 1 is 1.38 bits per heavy atom. The van der Waals surface area contributed by atoms with Crippen LogP contribution in [0.2, 0.25) is 5.15 Å². The molecule has 0 aliphatic rings. The Morgan fingerprint density at radius 3 is 2.56 bits per heavy atom. The van der Waals surface area contributed by atoms with E-state index < -0.39 is 0 Å². The molecule has 2 rings (SSSR count). The molecule has 0 N–H and O–H groups in total. The number of aryl methyl sites for hydroxylation is 1. The molecule has 0 atom stereocenters. The van der Waals surface area contributed by atoms with Crippen LogP contribution in [-0.4, -0.2) is 18.7 Å². The summed E-state index contributed by atoms with van der Waals surface area (Å²) >= 11 is 5.88. The van der Waals surface area contributed by atoms with Gasteiger partial charge in [0.05, 0.1) is 12.7 Å². The molecule has 16 heavy (non-hydrogen) atoms. The topological polar surface area (TPSA) is 44.8 Å². The third kappa shape index (κ3) is 1.78. The van der Waals surface area contributed by atoms with Gasteiger partial charge in [-0.1, -0.05) is 11.6 Å². The second-order valence-electron chi connectivity index (χ2n) is 3.55. The average Bonchev–Trinajstić information content (AvgIpc) is 2.77. The molecule has 0 unspecified atom stereocenters. The molecule has 0 bridgehead atoms. The van der Waals surface area contributed by atoms with Gasteiger partial charge in [-0.2, -0.15) is 0 Å². The number of halogens is 1. The van der Waals surface area contributed by atoms with E-state index in [1.807, 2.05) is 14.0 Å². The lowest BCUT2D eigenvalue weighted by atomic mass is 10.6. The van der Waals surface area contributed by atoms with E-state index in [1.165, 1.54) is 0 Å². The van der Waals surface area contributed by atoms with Crippen LogP contribution in [0.5, 0.6) is 0 Å². The van der Waals surface area contributed by atoms with Gasteiger partial charge in [-0.15, -0.1) is 0 Å². The van der Waals surface area contributed by atoms with Crippen molar-refractivity contribution in [3.63, 3.8) is 0 Å². The van der Waals surface area contributed by atoms with Gasteiger partial charge in [-0.3, -0.25) is 9.13 Å². The van der Waals surface area contributed by atoms with E-state index in [0.717, 1.165) is 5.82 Å². The lowest BCUT2D eigenvalue weighted by molar-refractivity contribution is 0.638. The van der Waals surface area contributed by atoms with Crippen molar-refractivity contribution in [1.82, 2.24) is 18.7 Å².